The monoisotopic (exact) mass is 424 g/mol. The molecule has 0 aliphatic heterocycles. The first-order chi connectivity index (χ1) is 15.0. The molecule has 0 spiro atoms. The maximum Gasteiger partial charge on any atom is 0.433 e. The number of carbonyl (C=O) groups is 1. The van der Waals surface area contributed by atoms with Crippen LogP contribution < -0.4 is 14.8 Å². The lowest BCUT2D eigenvalue weighted by molar-refractivity contribution is -0.402. The summed E-state index contributed by atoms with van der Waals surface area (Å²) in [4.78, 5) is 21.9. The Morgan fingerprint density at radius 3 is 2.87 bits per heavy atom. The van der Waals surface area contributed by atoms with Crippen molar-refractivity contribution in [3.8, 4) is 23.0 Å². The Bertz CT molecular complexity index is 1250. The molecule has 12 heteroatoms. The number of carbonyl (C=O) groups excluding carboxylic acids is 1. The third-order valence-electron chi connectivity index (χ3n) is 4.20. The van der Waals surface area contributed by atoms with Gasteiger partial charge >= 0.3 is 5.88 Å². The van der Waals surface area contributed by atoms with Crippen molar-refractivity contribution in [1.82, 2.24) is 25.1 Å². The van der Waals surface area contributed by atoms with Crippen LogP contribution in [0.15, 0.2) is 52.9 Å². The van der Waals surface area contributed by atoms with Crippen molar-refractivity contribution in [2.24, 2.45) is 0 Å². The largest absolute Gasteiger partial charge is 0.497 e. The van der Waals surface area contributed by atoms with Crippen molar-refractivity contribution >= 4 is 17.4 Å². The molecule has 12 nitrogen and oxygen atoms in total. The summed E-state index contributed by atoms with van der Waals surface area (Å²) >= 11 is 0. The Morgan fingerprint density at radius 1 is 1.23 bits per heavy atom. The number of hydrogen-bond acceptors (Lipinski definition) is 9. The minimum absolute atomic E-state index is 0.115. The molecule has 1 amide bonds. The van der Waals surface area contributed by atoms with E-state index in [-0.39, 0.29) is 18.9 Å². The highest BCUT2D eigenvalue weighted by Crippen LogP contribution is 2.23. The summed E-state index contributed by atoms with van der Waals surface area (Å²) < 4.78 is 17.2. The lowest BCUT2D eigenvalue weighted by Gasteiger charge is -2.07. The zero-order chi connectivity index (χ0) is 21.8. The van der Waals surface area contributed by atoms with Gasteiger partial charge in [0.1, 0.15) is 17.3 Å². The molecule has 0 atom stereocenters. The number of ether oxygens (including phenoxy) is 2. The number of rotatable bonds is 8. The summed E-state index contributed by atoms with van der Waals surface area (Å²) in [5, 5.41) is 25.8. The molecule has 0 radical (unpaired) electrons. The maximum atomic E-state index is 12.0. The van der Waals surface area contributed by atoms with Crippen LogP contribution in [0.1, 0.15) is 10.6 Å². The van der Waals surface area contributed by atoms with Gasteiger partial charge in [-0.15, -0.1) is 15.3 Å². The highest BCUT2D eigenvalue weighted by Gasteiger charge is 2.17. The minimum atomic E-state index is -0.716. The van der Waals surface area contributed by atoms with E-state index in [2.05, 4.69) is 20.6 Å². The summed E-state index contributed by atoms with van der Waals surface area (Å²) in [6.45, 7) is 0.252. The Morgan fingerprint density at radius 2 is 2.10 bits per heavy atom. The van der Waals surface area contributed by atoms with E-state index in [1.165, 1.54) is 6.07 Å². The maximum absolute atomic E-state index is 12.0. The van der Waals surface area contributed by atoms with E-state index < -0.39 is 16.7 Å². The highest BCUT2D eigenvalue weighted by molar-refractivity contribution is 5.91. The summed E-state index contributed by atoms with van der Waals surface area (Å²) in [6.07, 6.45) is 0. The molecule has 1 N–H and O–H groups in total. The van der Waals surface area contributed by atoms with Crippen LogP contribution in [0.2, 0.25) is 0 Å². The van der Waals surface area contributed by atoms with Crippen molar-refractivity contribution in [3.63, 3.8) is 0 Å². The van der Waals surface area contributed by atoms with Gasteiger partial charge in [-0.05, 0) is 24.3 Å². The fraction of sp³-hybridized carbons (Fsp3) is 0.158. The van der Waals surface area contributed by atoms with E-state index in [0.717, 1.165) is 11.6 Å². The highest BCUT2D eigenvalue weighted by atomic mass is 16.6. The number of fused-ring (bicyclic) bond motifs is 1. The number of nitro groups is 1. The number of aromatic nitrogens is 4. The SMILES string of the molecule is COc1cccc(-c2nnc3ccc(OCCNC(=O)c4ccc([N+](=O)[O-])o4)nn23)c1. The van der Waals surface area contributed by atoms with Gasteiger partial charge in [0.15, 0.2) is 17.2 Å². The number of nitrogens with zero attached hydrogens (tertiary/aromatic N) is 5. The molecule has 31 heavy (non-hydrogen) atoms. The van der Waals surface area contributed by atoms with Crippen LogP contribution in [0.25, 0.3) is 17.0 Å². The molecule has 0 unspecified atom stereocenters. The molecule has 0 fully saturated rings. The van der Waals surface area contributed by atoms with Gasteiger partial charge in [-0.25, -0.2) is 0 Å². The van der Waals surface area contributed by atoms with E-state index >= 15 is 0 Å². The van der Waals surface area contributed by atoms with Crippen LogP contribution in [0.3, 0.4) is 0 Å². The Balaban J connectivity index is 1.39. The van der Waals surface area contributed by atoms with Crippen LogP contribution in [0.4, 0.5) is 5.88 Å². The average Bonchev–Trinajstić information content (AvgIpc) is 3.44. The summed E-state index contributed by atoms with van der Waals surface area (Å²) in [5.74, 6) is 0.267. The lowest BCUT2D eigenvalue weighted by atomic mass is 10.2. The van der Waals surface area contributed by atoms with Crippen molar-refractivity contribution < 1.29 is 23.6 Å². The topological polar surface area (TPSA) is 147 Å². The van der Waals surface area contributed by atoms with Crippen LogP contribution >= 0.6 is 0 Å². The Labute approximate surface area is 174 Å². The van der Waals surface area contributed by atoms with E-state index in [1.54, 1.807) is 23.8 Å². The van der Waals surface area contributed by atoms with Gasteiger partial charge in [-0.3, -0.25) is 14.9 Å². The van der Waals surface area contributed by atoms with Gasteiger partial charge < -0.3 is 19.2 Å². The van der Waals surface area contributed by atoms with E-state index in [1.807, 2.05) is 24.3 Å². The van der Waals surface area contributed by atoms with Crippen LogP contribution in [-0.2, 0) is 0 Å². The van der Waals surface area contributed by atoms with E-state index in [4.69, 9.17) is 13.9 Å². The molecule has 1 aromatic carbocycles. The number of nitrogens with one attached hydrogen (secondary N) is 1. The second kappa shape index (κ2) is 8.49. The quantitative estimate of drug-likeness (QED) is 0.255. The lowest BCUT2D eigenvalue weighted by Crippen LogP contribution is -2.27. The van der Waals surface area contributed by atoms with Crippen molar-refractivity contribution in [3.05, 3.63) is 64.4 Å². The molecule has 0 saturated carbocycles. The average molecular weight is 424 g/mol. The standard InChI is InChI=1S/C19H16N6O6/c1-29-13-4-2-3-12(11-13)18-22-21-15-6-7-16(23-24(15)18)30-10-9-20-19(26)14-5-8-17(31-14)25(27)28/h2-8,11H,9-10H2,1H3,(H,20,26). The van der Waals surface area contributed by atoms with Gasteiger partial charge in [-0.2, -0.15) is 4.52 Å². The number of furan rings is 1. The molecule has 0 aliphatic rings. The number of methoxy groups -OCH3 is 1. The zero-order valence-electron chi connectivity index (χ0n) is 16.2. The number of hydrogen-bond donors (Lipinski definition) is 1. The van der Waals surface area contributed by atoms with Crippen molar-refractivity contribution in [2.75, 3.05) is 20.3 Å². The van der Waals surface area contributed by atoms with Crippen LogP contribution in [-0.4, -0.2) is 50.9 Å². The molecule has 3 aromatic heterocycles. The first-order valence-corrected chi connectivity index (χ1v) is 9.07. The molecular weight excluding hydrogens is 408 g/mol. The molecule has 3 heterocycles. The third-order valence-corrected chi connectivity index (χ3v) is 4.20. The molecule has 0 bridgehead atoms. The van der Waals surface area contributed by atoms with Gasteiger partial charge in [0.2, 0.25) is 5.88 Å². The fourth-order valence-electron chi connectivity index (χ4n) is 2.75. The van der Waals surface area contributed by atoms with Gasteiger partial charge in [-0.1, -0.05) is 12.1 Å². The summed E-state index contributed by atoms with van der Waals surface area (Å²) in [5.41, 5.74) is 1.31. The molecule has 0 aliphatic carbocycles. The first kappa shape index (κ1) is 19.8. The minimum Gasteiger partial charge on any atom is -0.497 e. The fourth-order valence-corrected chi connectivity index (χ4v) is 2.75. The summed E-state index contributed by atoms with van der Waals surface area (Å²) in [6, 6.07) is 13.0. The molecule has 4 rings (SSSR count). The van der Waals surface area contributed by atoms with Gasteiger partial charge in [0.25, 0.3) is 5.91 Å². The van der Waals surface area contributed by atoms with Gasteiger partial charge in [0, 0.05) is 11.6 Å². The predicted octanol–water partition coefficient (Wildman–Crippen LogP) is 2.11. The normalized spacial score (nSPS) is 10.7. The smallest absolute Gasteiger partial charge is 0.433 e. The zero-order valence-corrected chi connectivity index (χ0v) is 16.2. The molecule has 158 valence electrons. The molecule has 4 aromatic rings. The van der Waals surface area contributed by atoms with Crippen molar-refractivity contribution in [2.45, 2.75) is 0 Å². The Hall–Kier alpha value is -4.48. The van der Waals surface area contributed by atoms with Gasteiger partial charge in [0.05, 0.1) is 19.7 Å². The van der Waals surface area contributed by atoms with Crippen LogP contribution in [0.5, 0.6) is 11.6 Å². The number of benzene rings is 1. The van der Waals surface area contributed by atoms with Crippen molar-refractivity contribution in [1.29, 1.82) is 0 Å². The number of amides is 1. The molecule has 0 saturated heterocycles. The second-order valence-electron chi connectivity index (χ2n) is 6.20. The third kappa shape index (κ3) is 4.27. The first-order valence-electron chi connectivity index (χ1n) is 9.07. The summed E-state index contributed by atoms with van der Waals surface area (Å²) in [7, 11) is 1.58. The van der Waals surface area contributed by atoms with E-state index in [0.29, 0.717) is 23.1 Å². The van der Waals surface area contributed by atoms with E-state index in [9.17, 15) is 14.9 Å². The Kier molecular flexibility index (Phi) is 5.43. The van der Waals surface area contributed by atoms with Crippen LogP contribution in [0, 0.1) is 10.1 Å². The second-order valence-corrected chi connectivity index (χ2v) is 6.20. The predicted molar refractivity (Wildman–Crippen MR) is 106 cm³/mol. The molecular formula is C19H16N6O6.